The zero-order valence-corrected chi connectivity index (χ0v) is 22.6. The second-order valence-electron chi connectivity index (χ2n) is 8.50. The van der Waals surface area contributed by atoms with Gasteiger partial charge in [-0.25, -0.2) is 9.59 Å². The van der Waals surface area contributed by atoms with Gasteiger partial charge in [-0.2, -0.15) is 0 Å². The second kappa shape index (κ2) is 10.8. The summed E-state index contributed by atoms with van der Waals surface area (Å²) < 4.78 is 12.1. The first-order valence-electron chi connectivity index (χ1n) is 11.8. The van der Waals surface area contributed by atoms with E-state index in [0.29, 0.717) is 22.5 Å². The molecule has 194 valence electrons. The number of hydrogen-bond donors (Lipinski definition) is 1. The maximum Gasteiger partial charge on any atom is 0.341 e. The molecule has 2 aromatic carbocycles. The number of hydrogen-bond acceptors (Lipinski definition) is 9. The molecule has 5 rings (SSSR count). The Hall–Kier alpha value is -3.96. The topological polar surface area (TPSA) is 112 Å². The van der Waals surface area contributed by atoms with Crippen LogP contribution in [0, 0.1) is 6.92 Å². The Kier molecular flexibility index (Phi) is 7.30. The number of methoxy groups -OCH3 is 1. The monoisotopic (exact) mass is 548 g/mol. The Balaban J connectivity index is 1.28. The van der Waals surface area contributed by atoms with Gasteiger partial charge in [0, 0.05) is 10.6 Å². The van der Waals surface area contributed by atoms with E-state index in [2.05, 4.69) is 21.6 Å². The van der Waals surface area contributed by atoms with Gasteiger partial charge in [0.15, 0.2) is 11.8 Å². The van der Waals surface area contributed by atoms with E-state index in [1.165, 1.54) is 35.8 Å². The number of esters is 2. The van der Waals surface area contributed by atoms with Crippen LogP contribution in [-0.4, -0.2) is 52.6 Å². The molecule has 0 radical (unpaired) electrons. The lowest BCUT2D eigenvalue weighted by molar-refractivity contribution is -0.119. The number of fused-ring (bicyclic) bond motifs is 3. The summed E-state index contributed by atoms with van der Waals surface area (Å²) in [6.45, 7) is 1.35. The van der Waals surface area contributed by atoms with Gasteiger partial charge < -0.3 is 14.8 Å². The van der Waals surface area contributed by atoms with Gasteiger partial charge in [-0.15, -0.1) is 21.5 Å². The van der Waals surface area contributed by atoms with Crippen LogP contribution in [0.15, 0.2) is 53.7 Å². The number of amides is 1. The van der Waals surface area contributed by atoms with E-state index in [4.69, 9.17) is 9.47 Å². The Morgan fingerprint density at radius 1 is 1.05 bits per heavy atom. The minimum Gasteiger partial charge on any atom is -0.465 e. The highest BCUT2D eigenvalue weighted by atomic mass is 32.2. The third-order valence-corrected chi connectivity index (χ3v) is 8.04. The normalized spacial score (nSPS) is 11.9. The molecule has 0 saturated heterocycles. The Morgan fingerprint density at radius 2 is 1.82 bits per heavy atom. The van der Waals surface area contributed by atoms with E-state index in [9.17, 15) is 14.4 Å². The van der Waals surface area contributed by atoms with Crippen LogP contribution in [0.3, 0.4) is 0 Å². The number of anilines is 1. The van der Waals surface area contributed by atoms with Crippen LogP contribution in [0.25, 0.3) is 16.1 Å². The smallest absolute Gasteiger partial charge is 0.341 e. The van der Waals surface area contributed by atoms with Gasteiger partial charge in [0.05, 0.1) is 18.2 Å². The van der Waals surface area contributed by atoms with E-state index in [1.54, 1.807) is 24.3 Å². The summed E-state index contributed by atoms with van der Waals surface area (Å²) >= 11 is 2.79. The number of nitrogens with one attached hydrogen (secondary N) is 1. The largest absolute Gasteiger partial charge is 0.465 e. The number of carbonyl (C=O) groups is 3. The molecule has 1 N–H and O–H groups in total. The summed E-state index contributed by atoms with van der Waals surface area (Å²) in [7, 11) is 1.31. The molecule has 0 spiro atoms. The summed E-state index contributed by atoms with van der Waals surface area (Å²) in [5, 5.41) is 12.1. The van der Waals surface area contributed by atoms with Crippen LogP contribution < -0.4 is 5.32 Å². The fourth-order valence-corrected chi connectivity index (χ4v) is 6.30. The fraction of sp³-hybridized carbons (Fsp3) is 0.222. The third kappa shape index (κ3) is 4.82. The van der Waals surface area contributed by atoms with Gasteiger partial charge in [-0.1, -0.05) is 36.0 Å². The molecule has 1 aliphatic carbocycles. The first kappa shape index (κ1) is 25.7. The quantitative estimate of drug-likeness (QED) is 0.261. The molecule has 0 atom stereocenters. The molecule has 0 fully saturated rings. The number of ether oxygens (including phenoxy) is 2. The number of rotatable bonds is 7. The molecule has 2 aromatic heterocycles. The van der Waals surface area contributed by atoms with Gasteiger partial charge >= 0.3 is 11.9 Å². The third-order valence-electron chi connectivity index (χ3n) is 6.23. The maximum atomic E-state index is 12.7. The van der Waals surface area contributed by atoms with Crippen LogP contribution in [0.4, 0.5) is 5.00 Å². The maximum absolute atomic E-state index is 12.7. The van der Waals surface area contributed by atoms with Gasteiger partial charge in [0.2, 0.25) is 0 Å². The van der Waals surface area contributed by atoms with Gasteiger partial charge in [-0.3, -0.25) is 9.36 Å². The van der Waals surface area contributed by atoms with Crippen molar-refractivity contribution in [2.24, 2.45) is 0 Å². The van der Waals surface area contributed by atoms with E-state index in [1.807, 2.05) is 35.9 Å². The zero-order chi connectivity index (χ0) is 26.8. The fourth-order valence-electron chi connectivity index (χ4n) is 4.44. The molecular weight excluding hydrogens is 524 g/mol. The predicted octanol–water partition coefficient (Wildman–Crippen LogP) is 4.71. The molecule has 0 saturated carbocycles. The number of aryl methyl sites for hydroxylation is 2. The Bertz CT molecular complexity index is 1540. The average molecular weight is 549 g/mol. The molecule has 0 aliphatic heterocycles. The predicted molar refractivity (Wildman–Crippen MR) is 145 cm³/mol. The molecule has 38 heavy (non-hydrogen) atoms. The molecular formula is C27H24N4O5S2. The van der Waals surface area contributed by atoms with E-state index in [0.717, 1.165) is 39.1 Å². The molecule has 1 amide bonds. The molecule has 1 aliphatic rings. The summed E-state index contributed by atoms with van der Waals surface area (Å²) in [6, 6.07) is 14.8. The van der Waals surface area contributed by atoms with Crippen molar-refractivity contribution in [3.63, 3.8) is 0 Å². The van der Waals surface area contributed by atoms with Crippen molar-refractivity contribution in [3.8, 4) is 16.1 Å². The van der Waals surface area contributed by atoms with E-state index in [-0.39, 0.29) is 0 Å². The summed E-state index contributed by atoms with van der Waals surface area (Å²) in [4.78, 5) is 38.9. The van der Waals surface area contributed by atoms with Crippen LogP contribution >= 0.6 is 23.1 Å². The lowest BCUT2D eigenvalue weighted by atomic mass is 9.89. The summed E-state index contributed by atoms with van der Waals surface area (Å²) in [6.07, 6.45) is 3.37. The number of nitrogens with zero attached hydrogens (tertiary/aromatic N) is 3. The lowest BCUT2D eigenvalue weighted by Gasteiger charge is -2.16. The van der Waals surface area contributed by atoms with Crippen molar-refractivity contribution in [1.29, 1.82) is 0 Å². The first-order valence-corrected chi connectivity index (χ1v) is 13.8. The van der Waals surface area contributed by atoms with E-state index < -0.39 is 24.5 Å². The summed E-state index contributed by atoms with van der Waals surface area (Å²) in [5.74, 6) is -0.963. The number of thiophene rings is 1. The zero-order valence-electron chi connectivity index (χ0n) is 20.9. The standard InChI is InChI=1S/C27H24N4O5S2/c1-15-29-30-27(37-3)31(15)18-11-8-17(9-12-18)25(33)36-14-21(32)28-24-22(26(34)35-2)20-13-10-16-6-4-5-7-19(16)23(20)38-24/h4-9,11-12H,10,13-14H2,1-3H3,(H,28,32). The number of carbonyl (C=O) groups excluding carboxylic acids is 3. The van der Waals surface area contributed by atoms with Crippen LogP contribution in [-0.2, 0) is 27.1 Å². The van der Waals surface area contributed by atoms with Crippen molar-refractivity contribution in [2.75, 3.05) is 25.3 Å². The second-order valence-corrected chi connectivity index (χ2v) is 10.3. The minimum absolute atomic E-state index is 0.302. The van der Waals surface area contributed by atoms with Crippen molar-refractivity contribution in [3.05, 3.63) is 76.6 Å². The highest BCUT2D eigenvalue weighted by molar-refractivity contribution is 7.98. The Labute approximate surface area is 227 Å². The Morgan fingerprint density at radius 3 is 2.55 bits per heavy atom. The van der Waals surface area contributed by atoms with Gasteiger partial charge in [-0.05, 0) is 67.0 Å². The van der Waals surface area contributed by atoms with Gasteiger partial charge in [0.25, 0.3) is 5.91 Å². The van der Waals surface area contributed by atoms with Gasteiger partial charge in [0.1, 0.15) is 10.8 Å². The SMILES string of the molecule is COC(=O)c1c(NC(=O)COC(=O)c2ccc(-n3c(C)nnc3SC)cc2)sc2c1CCc1ccccc1-2. The molecule has 2 heterocycles. The molecule has 4 aromatic rings. The molecule has 0 bridgehead atoms. The summed E-state index contributed by atoms with van der Waals surface area (Å²) in [5.41, 5.74) is 4.57. The number of aromatic nitrogens is 3. The van der Waals surface area contributed by atoms with Crippen LogP contribution in [0.2, 0.25) is 0 Å². The molecule has 9 nitrogen and oxygen atoms in total. The average Bonchev–Trinajstić information content (AvgIpc) is 3.51. The van der Waals surface area contributed by atoms with Crippen molar-refractivity contribution >= 4 is 45.9 Å². The van der Waals surface area contributed by atoms with Crippen molar-refractivity contribution < 1.29 is 23.9 Å². The minimum atomic E-state index is -0.634. The lowest BCUT2D eigenvalue weighted by Crippen LogP contribution is -2.22. The number of benzene rings is 2. The molecule has 0 unspecified atom stereocenters. The molecule has 11 heteroatoms. The highest BCUT2D eigenvalue weighted by Crippen LogP contribution is 2.45. The van der Waals surface area contributed by atoms with Crippen molar-refractivity contribution in [2.45, 2.75) is 24.9 Å². The highest BCUT2D eigenvalue weighted by Gasteiger charge is 2.29. The van der Waals surface area contributed by atoms with E-state index >= 15 is 0 Å². The van der Waals surface area contributed by atoms with Crippen LogP contribution in [0.1, 0.15) is 37.7 Å². The first-order chi connectivity index (χ1) is 18.4. The number of thioether (sulfide) groups is 1. The van der Waals surface area contributed by atoms with Crippen LogP contribution in [0.5, 0.6) is 0 Å². The van der Waals surface area contributed by atoms with Crippen molar-refractivity contribution in [1.82, 2.24) is 14.8 Å².